The Morgan fingerprint density at radius 2 is 1.93 bits per heavy atom. The Hall–Kier alpha value is -0.220. The minimum absolute atomic E-state index is 0.240. The van der Waals surface area contributed by atoms with E-state index in [4.69, 9.17) is 11.6 Å². The van der Waals surface area contributed by atoms with Gasteiger partial charge in [-0.15, -0.1) is 0 Å². The third-order valence-corrected chi connectivity index (χ3v) is 2.43. The molecule has 0 amide bonds. The molecule has 0 unspecified atom stereocenters. The molecule has 0 atom stereocenters. The van der Waals surface area contributed by atoms with Crippen LogP contribution in [-0.2, 0) is 12.6 Å². The largest absolute Gasteiger partial charge is 0.417 e. The molecule has 0 nitrogen and oxygen atoms in total. The molecule has 0 fully saturated rings. The fourth-order valence-electron chi connectivity index (χ4n) is 1.05. The summed E-state index contributed by atoms with van der Waals surface area (Å²) in [5.74, 6) is 0. The van der Waals surface area contributed by atoms with Gasteiger partial charge in [0.1, 0.15) is 0 Å². The minimum atomic E-state index is -4.37. The van der Waals surface area contributed by atoms with Crippen molar-refractivity contribution in [2.75, 3.05) is 5.33 Å². The Balaban J connectivity index is 3.02. The first-order valence-electron chi connectivity index (χ1n) is 3.86. The number of alkyl halides is 4. The van der Waals surface area contributed by atoms with Crippen molar-refractivity contribution < 1.29 is 13.2 Å². The van der Waals surface area contributed by atoms with Crippen LogP contribution in [0.25, 0.3) is 0 Å². The van der Waals surface area contributed by atoms with E-state index < -0.39 is 11.7 Å². The first-order valence-corrected chi connectivity index (χ1v) is 5.36. The van der Waals surface area contributed by atoms with Gasteiger partial charge < -0.3 is 0 Å². The molecule has 0 aliphatic rings. The molecule has 0 saturated carbocycles. The summed E-state index contributed by atoms with van der Waals surface area (Å²) < 4.78 is 36.8. The van der Waals surface area contributed by atoms with Gasteiger partial charge in [-0.05, 0) is 24.1 Å². The zero-order chi connectivity index (χ0) is 10.8. The standard InChI is InChI=1S/C9H7BrClF3/c10-4-3-6-1-2-7(8(11)5-6)9(12,13)14/h1-2,5H,3-4H2. The molecule has 0 aromatic heterocycles. The van der Waals surface area contributed by atoms with Crippen LogP contribution in [0.4, 0.5) is 13.2 Å². The molecule has 5 heteroatoms. The molecular weight excluding hydrogens is 280 g/mol. The highest BCUT2D eigenvalue weighted by Gasteiger charge is 2.32. The molecule has 0 heterocycles. The van der Waals surface area contributed by atoms with Gasteiger partial charge in [0.05, 0.1) is 10.6 Å². The number of halogens is 5. The van der Waals surface area contributed by atoms with Crippen LogP contribution in [0.2, 0.25) is 5.02 Å². The summed E-state index contributed by atoms with van der Waals surface area (Å²) in [7, 11) is 0. The van der Waals surface area contributed by atoms with Crippen molar-refractivity contribution in [1.82, 2.24) is 0 Å². The molecule has 14 heavy (non-hydrogen) atoms. The Kier molecular flexibility index (Phi) is 3.84. The third-order valence-electron chi connectivity index (χ3n) is 1.72. The topological polar surface area (TPSA) is 0 Å². The van der Waals surface area contributed by atoms with Crippen molar-refractivity contribution in [3.8, 4) is 0 Å². The molecule has 0 aliphatic heterocycles. The lowest BCUT2D eigenvalue weighted by Gasteiger charge is -2.09. The number of benzene rings is 1. The molecule has 0 saturated heterocycles. The second kappa shape index (κ2) is 4.53. The van der Waals surface area contributed by atoms with Crippen molar-refractivity contribution in [2.24, 2.45) is 0 Å². The van der Waals surface area contributed by atoms with E-state index in [9.17, 15) is 13.2 Å². The third kappa shape index (κ3) is 2.89. The van der Waals surface area contributed by atoms with E-state index >= 15 is 0 Å². The lowest BCUT2D eigenvalue weighted by atomic mass is 10.1. The quantitative estimate of drug-likeness (QED) is 0.712. The van der Waals surface area contributed by atoms with E-state index in [0.29, 0.717) is 11.8 Å². The Bertz CT molecular complexity index is 322. The number of hydrogen-bond donors (Lipinski definition) is 0. The summed E-state index contributed by atoms with van der Waals surface area (Å²) in [6.45, 7) is 0. The molecule has 1 aromatic carbocycles. The minimum Gasteiger partial charge on any atom is -0.166 e. The number of aryl methyl sites for hydroxylation is 1. The number of hydrogen-bond acceptors (Lipinski definition) is 0. The van der Waals surface area contributed by atoms with E-state index in [1.807, 2.05) is 0 Å². The molecule has 0 radical (unpaired) electrons. The van der Waals surface area contributed by atoms with Gasteiger partial charge in [0.2, 0.25) is 0 Å². The highest BCUT2D eigenvalue weighted by Crippen LogP contribution is 2.34. The second-order valence-corrected chi connectivity index (χ2v) is 3.95. The Labute approximate surface area is 93.2 Å². The second-order valence-electron chi connectivity index (χ2n) is 2.75. The fraction of sp³-hybridized carbons (Fsp3) is 0.333. The van der Waals surface area contributed by atoms with Crippen molar-refractivity contribution in [3.63, 3.8) is 0 Å². The monoisotopic (exact) mass is 286 g/mol. The SMILES string of the molecule is FC(F)(F)c1ccc(CCBr)cc1Cl. The molecule has 1 rings (SSSR count). The van der Waals surface area contributed by atoms with Crippen molar-refractivity contribution in [2.45, 2.75) is 12.6 Å². The van der Waals surface area contributed by atoms with Gasteiger partial charge >= 0.3 is 6.18 Å². The summed E-state index contributed by atoms with van der Waals surface area (Å²) in [4.78, 5) is 0. The maximum absolute atomic E-state index is 12.3. The summed E-state index contributed by atoms with van der Waals surface area (Å²) >= 11 is 8.72. The zero-order valence-electron chi connectivity index (χ0n) is 7.04. The Morgan fingerprint density at radius 1 is 1.29 bits per heavy atom. The summed E-state index contributed by atoms with van der Waals surface area (Å²) in [6.07, 6.45) is -3.71. The van der Waals surface area contributed by atoms with Crippen molar-refractivity contribution >= 4 is 27.5 Å². The average molecular weight is 288 g/mol. The van der Waals surface area contributed by atoms with E-state index in [2.05, 4.69) is 15.9 Å². The Morgan fingerprint density at radius 3 is 2.36 bits per heavy atom. The predicted molar refractivity (Wildman–Crippen MR) is 54.0 cm³/mol. The highest BCUT2D eigenvalue weighted by molar-refractivity contribution is 9.09. The van der Waals surface area contributed by atoms with Crippen LogP contribution in [0.5, 0.6) is 0 Å². The average Bonchev–Trinajstić information content (AvgIpc) is 2.02. The lowest BCUT2D eigenvalue weighted by Crippen LogP contribution is -2.06. The van der Waals surface area contributed by atoms with Crippen LogP contribution in [0.3, 0.4) is 0 Å². The molecule has 0 N–H and O–H groups in total. The first kappa shape index (κ1) is 11.9. The molecule has 1 aromatic rings. The fourth-order valence-corrected chi connectivity index (χ4v) is 1.82. The molecule has 0 spiro atoms. The summed E-state index contributed by atoms with van der Waals surface area (Å²) in [6, 6.07) is 3.81. The van der Waals surface area contributed by atoms with Gasteiger partial charge in [-0.1, -0.05) is 33.6 Å². The zero-order valence-corrected chi connectivity index (χ0v) is 9.38. The maximum Gasteiger partial charge on any atom is 0.417 e. The van der Waals surface area contributed by atoms with Crippen LogP contribution in [0.15, 0.2) is 18.2 Å². The van der Waals surface area contributed by atoms with Gasteiger partial charge in [-0.2, -0.15) is 13.2 Å². The van der Waals surface area contributed by atoms with E-state index in [-0.39, 0.29) is 5.02 Å². The van der Waals surface area contributed by atoms with Gasteiger partial charge in [-0.25, -0.2) is 0 Å². The summed E-state index contributed by atoms with van der Waals surface area (Å²) in [5, 5.41) is 0.463. The smallest absolute Gasteiger partial charge is 0.166 e. The van der Waals surface area contributed by atoms with E-state index in [0.717, 1.165) is 11.6 Å². The first-order chi connectivity index (χ1) is 6.45. The van der Waals surface area contributed by atoms with E-state index in [1.54, 1.807) is 0 Å². The van der Waals surface area contributed by atoms with Crippen molar-refractivity contribution in [1.29, 1.82) is 0 Å². The van der Waals surface area contributed by atoms with E-state index in [1.165, 1.54) is 12.1 Å². The van der Waals surface area contributed by atoms with Crippen LogP contribution in [-0.4, -0.2) is 5.33 Å². The molecule has 0 bridgehead atoms. The van der Waals surface area contributed by atoms with Crippen LogP contribution in [0, 0.1) is 0 Å². The van der Waals surface area contributed by atoms with Crippen molar-refractivity contribution in [3.05, 3.63) is 34.3 Å². The normalized spacial score (nSPS) is 11.8. The van der Waals surface area contributed by atoms with Crippen LogP contribution >= 0.6 is 27.5 Å². The van der Waals surface area contributed by atoms with Gasteiger partial charge in [-0.3, -0.25) is 0 Å². The molecular formula is C9H7BrClF3. The van der Waals surface area contributed by atoms with Crippen LogP contribution < -0.4 is 0 Å². The van der Waals surface area contributed by atoms with Gasteiger partial charge in [0, 0.05) is 5.33 Å². The number of rotatable bonds is 2. The van der Waals surface area contributed by atoms with Gasteiger partial charge in [0.25, 0.3) is 0 Å². The maximum atomic E-state index is 12.3. The molecule has 78 valence electrons. The van der Waals surface area contributed by atoms with Gasteiger partial charge in [0.15, 0.2) is 0 Å². The predicted octanol–water partition coefficient (Wildman–Crippen LogP) is 4.30. The van der Waals surface area contributed by atoms with Crippen LogP contribution in [0.1, 0.15) is 11.1 Å². The molecule has 0 aliphatic carbocycles. The lowest BCUT2D eigenvalue weighted by molar-refractivity contribution is -0.137. The highest BCUT2D eigenvalue weighted by atomic mass is 79.9. The summed E-state index contributed by atoms with van der Waals surface area (Å²) in [5.41, 5.74) is 0.0114.